The fourth-order valence-electron chi connectivity index (χ4n) is 2.82. The normalized spacial score (nSPS) is 29.0. The number of carboxylic acids is 1. The van der Waals surface area contributed by atoms with E-state index in [1.54, 1.807) is 11.8 Å². The van der Waals surface area contributed by atoms with Crippen LogP contribution >= 0.6 is 11.8 Å². The summed E-state index contributed by atoms with van der Waals surface area (Å²) in [7, 11) is 0. The monoisotopic (exact) mass is 271 g/mol. The molecule has 0 spiro atoms. The standard InChI is InChI=1S/C13H21NO3S/c15-12(16)9-10-5-1-3-7-14(10)13(17)11-6-2-4-8-18-11/h10-11H,1-9H2,(H,15,16). The van der Waals surface area contributed by atoms with Crippen molar-refractivity contribution in [3.8, 4) is 0 Å². The van der Waals surface area contributed by atoms with Crippen molar-refractivity contribution in [2.24, 2.45) is 0 Å². The molecule has 4 nitrogen and oxygen atoms in total. The molecule has 0 aromatic carbocycles. The van der Waals surface area contributed by atoms with E-state index in [9.17, 15) is 9.59 Å². The smallest absolute Gasteiger partial charge is 0.305 e. The third-order valence-electron chi connectivity index (χ3n) is 3.78. The summed E-state index contributed by atoms with van der Waals surface area (Å²) in [5.74, 6) is 0.454. The molecule has 2 aliphatic rings. The highest BCUT2D eigenvalue weighted by Gasteiger charge is 2.33. The van der Waals surface area contributed by atoms with Crippen LogP contribution in [0.15, 0.2) is 0 Å². The lowest BCUT2D eigenvalue weighted by Crippen LogP contribution is -2.48. The average Bonchev–Trinajstić information content (AvgIpc) is 2.39. The third-order valence-corrected chi connectivity index (χ3v) is 5.14. The Labute approximate surface area is 112 Å². The summed E-state index contributed by atoms with van der Waals surface area (Å²) in [6.45, 7) is 0.744. The minimum Gasteiger partial charge on any atom is -0.481 e. The average molecular weight is 271 g/mol. The number of carboxylic acid groups (broad SMARTS) is 1. The van der Waals surface area contributed by atoms with E-state index in [2.05, 4.69) is 0 Å². The number of likely N-dealkylation sites (tertiary alicyclic amines) is 1. The van der Waals surface area contributed by atoms with Crippen LogP contribution in [0.1, 0.15) is 44.9 Å². The van der Waals surface area contributed by atoms with Crippen LogP contribution in [0.2, 0.25) is 0 Å². The van der Waals surface area contributed by atoms with Gasteiger partial charge in [-0.15, -0.1) is 11.8 Å². The van der Waals surface area contributed by atoms with E-state index in [1.165, 1.54) is 6.42 Å². The maximum Gasteiger partial charge on any atom is 0.305 e. The summed E-state index contributed by atoms with van der Waals surface area (Å²) in [4.78, 5) is 25.2. The maximum atomic E-state index is 12.5. The number of hydrogen-bond acceptors (Lipinski definition) is 3. The quantitative estimate of drug-likeness (QED) is 0.854. The molecule has 102 valence electrons. The molecular weight excluding hydrogens is 250 g/mol. The van der Waals surface area contributed by atoms with E-state index in [1.807, 2.05) is 4.90 Å². The molecule has 2 aliphatic heterocycles. The summed E-state index contributed by atoms with van der Waals surface area (Å²) >= 11 is 1.75. The Kier molecular flexibility index (Phi) is 4.92. The molecule has 0 bridgehead atoms. The number of rotatable bonds is 3. The molecule has 1 N–H and O–H groups in total. The summed E-state index contributed by atoms with van der Waals surface area (Å²) in [5, 5.41) is 9.01. The predicted octanol–water partition coefficient (Wildman–Crippen LogP) is 2.13. The van der Waals surface area contributed by atoms with E-state index < -0.39 is 5.97 Å². The van der Waals surface area contributed by atoms with Crippen LogP contribution in [0.25, 0.3) is 0 Å². The molecule has 18 heavy (non-hydrogen) atoms. The summed E-state index contributed by atoms with van der Waals surface area (Å²) < 4.78 is 0. The second-order valence-electron chi connectivity index (χ2n) is 5.13. The Morgan fingerprint density at radius 1 is 1.17 bits per heavy atom. The number of aliphatic carboxylic acids is 1. The minimum atomic E-state index is -0.795. The van der Waals surface area contributed by atoms with Gasteiger partial charge in [-0.3, -0.25) is 9.59 Å². The lowest BCUT2D eigenvalue weighted by Gasteiger charge is -2.37. The van der Waals surface area contributed by atoms with Crippen molar-refractivity contribution < 1.29 is 14.7 Å². The molecule has 2 rings (SSSR count). The molecule has 2 heterocycles. The van der Waals surface area contributed by atoms with Crippen LogP contribution in [0.5, 0.6) is 0 Å². The van der Waals surface area contributed by atoms with Crippen molar-refractivity contribution in [1.29, 1.82) is 0 Å². The van der Waals surface area contributed by atoms with Crippen molar-refractivity contribution >= 4 is 23.6 Å². The Balaban J connectivity index is 1.98. The maximum absolute atomic E-state index is 12.5. The van der Waals surface area contributed by atoms with E-state index in [0.29, 0.717) is 0 Å². The Hall–Kier alpha value is -0.710. The first-order valence-corrected chi connectivity index (χ1v) is 7.87. The van der Waals surface area contributed by atoms with Gasteiger partial charge in [0, 0.05) is 12.6 Å². The fourth-order valence-corrected chi connectivity index (χ4v) is 4.09. The van der Waals surface area contributed by atoms with Gasteiger partial charge in [-0.1, -0.05) is 6.42 Å². The van der Waals surface area contributed by atoms with Gasteiger partial charge in [-0.2, -0.15) is 0 Å². The van der Waals surface area contributed by atoms with Gasteiger partial charge < -0.3 is 10.0 Å². The molecule has 2 fully saturated rings. The zero-order valence-corrected chi connectivity index (χ0v) is 11.5. The number of carbonyl (C=O) groups is 2. The lowest BCUT2D eigenvalue weighted by molar-refractivity contribution is -0.141. The van der Waals surface area contributed by atoms with Gasteiger partial charge in [-0.05, 0) is 37.9 Å². The van der Waals surface area contributed by atoms with Crippen LogP contribution in [0, 0.1) is 0 Å². The SMILES string of the molecule is O=C(O)CC1CCCCN1C(=O)C1CCCCS1. The van der Waals surface area contributed by atoms with Crippen LogP contribution in [0.3, 0.4) is 0 Å². The first-order chi connectivity index (χ1) is 8.68. The zero-order chi connectivity index (χ0) is 13.0. The van der Waals surface area contributed by atoms with Crippen LogP contribution < -0.4 is 0 Å². The molecule has 0 aliphatic carbocycles. The summed E-state index contributed by atoms with van der Waals surface area (Å²) in [6, 6.07) is -0.0775. The van der Waals surface area contributed by atoms with Crippen molar-refractivity contribution in [3.63, 3.8) is 0 Å². The van der Waals surface area contributed by atoms with Gasteiger partial charge in [0.15, 0.2) is 0 Å². The van der Waals surface area contributed by atoms with Gasteiger partial charge >= 0.3 is 5.97 Å². The van der Waals surface area contributed by atoms with Crippen molar-refractivity contribution in [3.05, 3.63) is 0 Å². The predicted molar refractivity (Wildman–Crippen MR) is 71.7 cm³/mol. The molecule has 0 aromatic rings. The second kappa shape index (κ2) is 6.45. The fraction of sp³-hybridized carbons (Fsp3) is 0.846. The van der Waals surface area contributed by atoms with Gasteiger partial charge in [0.25, 0.3) is 0 Å². The number of amides is 1. The third kappa shape index (κ3) is 3.40. The van der Waals surface area contributed by atoms with Crippen molar-refractivity contribution in [2.45, 2.75) is 56.2 Å². The van der Waals surface area contributed by atoms with E-state index >= 15 is 0 Å². The molecule has 0 saturated carbocycles. The Bertz CT molecular complexity index is 315. The number of piperidine rings is 1. The van der Waals surface area contributed by atoms with E-state index in [4.69, 9.17) is 5.11 Å². The summed E-state index contributed by atoms with van der Waals surface area (Å²) in [6.07, 6.45) is 6.28. The molecule has 2 atom stereocenters. The molecule has 1 amide bonds. The Morgan fingerprint density at radius 2 is 1.94 bits per heavy atom. The first kappa shape index (κ1) is 13.7. The van der Waals surface area contributed by atoms with E-state index in [-0.39, 0.29) is 23.6 Å². The summed E-state index contributed by atoms with van der Waals surface area (Å²) in [5.41, 5.74) is 0. The number of thioether (sulfide) groups is 1. The number of hydrogen-bond donors (Lipinski definition) is 1. The highest BCUT2D eigenvalue weighted by molar-refractivity contribution is 8.00. The number of carbonyl (C=O) groups excluding carboxylic acids is 1. The molecule has 0 aromatic heterocycles. The molecular formula is C13H21NO3S. The van der Waals surface area contributed by atoms with Crippen molar-refractivity contribution in [2.75, 3.05) is 12.3 Å². The molecule has 0 radical (unpaired) electrons. The van der Waals surface area contributed by atoms with Gasteiger partial charge in [0.05, 0.1) is 11.7 Å². The van der Waals surface area contributed by atoms with Crippen LogP contribution in [-0.4, -0.2) is 45.5 Å². The first-order valence-electron chi connectivity index (χ1n) is 6.82. The topological polar surface area (TPSA) is 57.6 Å². The lowest BCUT2D eigenvalue weighted by atomic mass is 9.98. The number of nitrogens with zero attached hydrogens (tertiary/aromatic N) is 1. The molecule has 2 unspecified atom stereocenters. The van der Waals surface area contributed by atoms with Gasteiger partial charge in [-0.25, -0.2) is 0 Å². The van der Waals surface area contributed by atoms with E-state index in [0.717, 1.165) is 44.4 Å². The minimum absolute atomic E-state index is 0.0770. The molecule has 5 heteroatoms. The largest absolute Gasteiger partial charge is 0.481 e. The zero-order valence-electron chi connectivity index (χ0n) is 10.6. The van der Waals surface area contributed by atoms with Gasteiger partial charge in [0.1, 0.15) is 0 Å². The van der Waals surface area contributed by atoms with Crippen LogP contribution in [0.4, 0.5) is 0 Å². The second-order valence-corrected chi connectivity index (χ2v) is 6.44. The van der Waals surface area contributed by atoms with Crippen LogP contribution in [-0.2, 0) is 9.59 Å². The highest BCUT2D eigenvalue weighted by atomic mass is 32.2. The Morgan fingerprint density at radius 3 is 2.61 bits per heavy atom. The van der Waals surface area contributed by atoms with Crippen molar-refractivity contribution in [1.82, 2.24) is 4.90 Å². The highest BCUT2D eigenvalue weighted by Crippen LogP contribution is 2.29. The molecule has 2 saturated heterocycles. The van der Waals surface area contributed by atoms with Gasteiger partial charge in [0.2, 0.25) is 5.91 Å².